The number of carbonyl (C=O) groups excluding carboxylic acids is 1. The maximum Gasteiger partial charge on any atom is 0.407 e. The number of alkyl carbamates (subject to hydrolysis) is 1. The van der Waals surface area contributed by atoms with E-state index in [4.69, 9.17) is 16.3 Å². The van der Waals surface area contributed by atoms with Crippen LogP contribution >= 0.6 is 11.6 Å². The van der Waals surface area contributed by atoms with Crippen LogP contribution in [0.2, 0.25) is 5.02 Å². The first kappa shape index (κ1) is 18.6. The zero-order valence-corrected chi connectivity index (χ0v) is 15.1. The first-order valence-corrected chi connectivity index (χ1v) is 8.54. The molecule has 1 aliphatic carbocycles. The Kier molecular flexibility index (Phi) is 5.79. The third-order valence-corrected chi connectivity index (χ3v) is 4.03. The second-order valence-corrected chi connectivity index (χ2v) is 7.65. The minimum absolute atomic E-state index is 0.00750. The Labute approximate surface area is 148 Å². The molecule has 0 heterocycles. The summed E-state index contributed by atoms with van der Waals surface area (Å²) in [6.07, 6.45) is 1.95. The van der Waals surface area contributed by atoms with Gasteiger partial charge in [0.2, 0.25) is 0 Å². The molecule has 0 aliphatic heterocycles. The molecule has 4 nitrogen and oxygen atoms in total. The van der Waals surface area contributed by atoms with Crippen LogP contribution in [0.25, 0.3) is 0 Å². The summed E-state index contributed by atoms with van der Waals surface area (Å²) in [7, 11) is 0. The maximum atomic E-state index is 11.8. The van der Waals surface area contributed by atoms with Gasteiger partial charge in [-0.15, -0.1) is 0 Å². The lowest BCUT2D eigenvalue weighted by Crippen LogP contribution is -2.44. The van der Waals surface area contributed by atoms with Gasteiger partial charge in [0, 0.05) is 16.6 Å². The molecule has 24 heavy (non-hydrogen) atoms. The molecule has 1 fully saturated rings. The van der Waals surface area contributed by atoms with E-state index in [1.54, 1.807) is 12.1 Å². The quantitative estimate of drug-likeness (QED) is 0.756. The standard InChI is InChI=1S/C19H24ClNO3/c1-18(2,3)24-17(22)21-16-8-11-19(23,12-9-16)10-7-14-5-4-6-15(20)13-14/h4-6,13,16,23H,8-9,11-12H2,1-3H3,(H,21,22)/t16-,19-. The predicted molar refractivity (Wildman–Crippen MR) is 94.9 cm³/mol. The van der Waals surface area contributed by atoms with E-state index in [9.17, 15) is 9.90 Å². The normalized spacial score (nSPS) is 23.8. The van der Waals surface area contributed by atoms with Crippen LogP contribution < -0.4 is 5.32 Å². The van der Waals surface area contributed by atoms with Crippen molar-refractivity contribution in [3.63, 3.8) is 0 Å². The van der Waals surface area contributed by atoms with Crippen LogP contribution in [0, 0.1) is 11.8 Å². The summed E-state index contributed by atoms with van der Waals surface area (Å²) in [5.41, 5.74) is -0.749. The number of carbonyl (C=O) groups is 1. The highest BCUT2D eigenvalue weighted by Crippen LogP contribution is 2.28. The van der Waals surface area contributed by atoms with E-state index in [1.165, 1.54) is 0 Å². The van der Waals surface area contributed by atoms with Gasteiger partial charge in [0.15, 0.2) is 0 Å². The van der Waals surface area contributed by atoms with Crippen LogP contribution in [-0.4, -0.2) is 28.4 Å². The molecule has 1 aliphatic rings. The van der Waals surface area contributed by atoms with Gasteiger partial charge in [0.1, 0.15) is 11.2 Å². The van der Waals surface area contributed by atoms with Crippen LogP contribution in [-0.2, 0) is 4.74 Å². The van der Waals surface area contributed by atoms with E-state index >= 15 is 0 Å². The highest BCUT2D eigenvalue weighted by molar-refractivity contribution is 6.30. The molecule has 1 aromatic carbocycles. The average molecular weight is 350 g/mol. The van der Waals surface area contributed by atoms with E-state index < -0.39 is 17.3 Å². The largest absolute Gasteiger partial charge is 0.444 e. The average Bonchev–Trinajstić information content (AvgIpc) is 2.46. The number of hydrogen-bond acceptors (Lipinski definition) is 3. The van der Waals surface area contributed by atoms with Crippen molar-refractivity contribution in [2.45, 2.75) is 63.7 Å². The number of halogens is 1. The molecule has 0 atom stereocenters. The van der Waals surface area contributed by atoms with Crippen molar-refractivity contribution in [3.05, 3.63) is 34.9 Å². The minimum atomic E-state index is -1.02. The number of ether oxygens (including phenoxy) is 1. The molecule has 5 heteroatoms. The third kappa shape index (κ3) is 6.07. The molecule has 0 unspecified atom stereocenters. The van der Waals surface area contributed by atoms with Gasteiger partial charge in [-0.25, -0.2) is 4.79 Å². The minimum Gasteiger partial charge on any atom is -0.444 e. The second-order valence-electron chi connectivity index (χ2n) is 7.21. The van der Waals surface area contributed by atoms with Gasteiger partial charge in [-0.05, 0) is 64.7 Å². The van der Waals surface area contributed by atoms with Crippen LogP contribution in [0.15, 0.2) is 24.3 Å². The molecule has 1 saturated carbocycles. The topological polar surface area (TPSA) is 58.6 Å². The Balaban J connectivity index is 1.89. The zero-order valence-electron chi connectivity index (χ0n) is 14.4. The Morgan fingerprint density at radius 2 is 2.04 bits per heavy atom. The molecule has 2 rings (SSSR count). The molecular weight excluding hydrogens is 326 g/mol. The highest BCUT2D eigenvalue weighted by Gasteiger charge is 2.32. The Hall–Kier alpha value is -1.70. The van der Waals surface area contributed by atoms with Crippen LogP contribution in [0.5, 0.6) is 0 Å². The van der Waals surface area contributed by atoms with Crippen molar-refractivity contribution in [2.24, 2.45) is 0 Å². The van der Waals surface area contributed by atoms with E-state index in [2.05, 4.69) is 17.2 Å². The number of benzene rings is 1. The molecule has 1 amide bonds. The van der Waals surface area contributed by atoms with Gasteiger partial charge in [0.05, 0.1) is 0 Å². The molecule has 1 aromatic rings. The summed E-state index contributed by atoms with van der Waals surface area (Å²) in [5, 5.41) is 14.1. The highest BCUT2D eigenvalue weighted by atomic mass is 35.5. The molecule has 0 saturated heterocycles. The van der Waals surface area contributed by atoms with Crippen LogP contribution in [0.4, 0.5) is 4.79 Å². The van der Waals surface area contributed by atoms with Gasteiger partial charge in [-0.2, -0.15) is 0 Å². The fourth-order valence-electron chi connectivity index (χ4n) is 2.59. The lowest BCUT2D eigenvalue weighted by Gasteiger charge is -2.33. The van der Waals surface area contributed by atoms with E-state index in [0.717, 1.165) is 5.56 Å². The van der Waals surface area contributed by atoms with E-state index in [-0.39, 0.29) is 6.04 Å². The summed E-state index contributed by atoms with van der Waals surface area (Å²) in [6.45, 7) is 5.49. The molecule has 130 valence electrons. The lowest BCUT2D eigenvalue weighted by atomic mass is 9.82. The Bertz CT molecular complexity index is 647. The van der Waals surface area contributed by atoms with Gasteiger partial charge < -0.3 is 15.2 Å². The van der Waals surface area contributed by atoms with Crippen LogP contribution in [0.3, 0.4) is 0 Å². The molecule has 0 aromatic heterocycles. The van der Waals surface area contributed by atoms with Crippen molar-refractivity contribution >= 4 is 17.7 Å². The fraction of sp³-hybridized carbons (Fsp3) is 0.526. The smallest absolute Gasteiger partial charge is 0.407 e. The van der Waals surface area contributed by atoms with Crippen molar-refractivity contribution in [3.8, 4) is 11.8 Å². The van der Waals surface area contributed by atoms with Gasteiger partial charge in [-0.1, -0.05) is 29.5 Å². The van der Waals surface area contributed by atoms with Crippen molar-refractivity contribution < 1.29 is 14.6 Å². The molecule has 0 bridgehead atoms. The molecule has 0 spiro atoms. The summed E-state index contributed by atoms with van der Waals surface area (Å²) in [5.74, 6) is 5.94. The van der Waals surface area contributed by atoms with Crippen molar-refractivity contribution in [1.29, 1.82) is 0 Å². The predicted octanol–water partition coefficient (Wildman–Crippen LogP) is 3.89. The monoisotopic (exact) mass is 349 g/mol. The number of rotatable bonds is 1. The van der Waals surface area contributed by atoms with Crippen molar-refractivity contribution in [1.82, 2.24) is 5.32 Å². The Morgan fingerprint density at radius 1 is 1.38 bits per heavy atom. The SMILES string of the molecule is CC(C)(C)OC(=O)N[C@H]1CC[C@@](O)(C#Cc2cccc(Cl)c2)CC1. The first-order chi connectivity index (χ1) is 11.2. The van der Waals surface area contributed by atoms with E-state index in [1.807, 2.05) is 32.9 Å². The number of amides is 1. The first-order valence-electron chi connectivity index (χ1n) is 8.16. The van der Waals surface area contributed by atoms with Gasteiger partial charge >= 0.3 is 6.09 Å². The summed E-state index contributed by atoms with van der Waals surface area (Å²) in [4.78, 5) is 11.8. The number of hydrogen-bond donors (Lipinski definition) is 2. The molecule has 2 N–H and O–H groups in total. The maximum absolute atomic E-state index is 11.8. The van der Waals surface area contributed by atoms with Crippen molar-refractivity contribution in [2.75, 3.05) is 0 Å². The molecular formula is C19H24ClNO3. The van der Waals surface area contributed by atoms with Crippen LogP contribution in [0.1, 0.15) is 52.0 Å². The van der Waals surface area contributed by atoms with Gasteiger partial charge in [-0.3, -0.25) is 0 Å². The number of nitrogens with one attached hydrogen (secondary N) is 1. The molecule has 0 radical (unpaired) electrons. The Morgan fingerprint density at radius 3 is 2.62 bits per heavy atom. The summed E-state index contributed by atoms with van der Waals surface area (Å²) < 4.78 is 5.26. The second kappa shape index (κ2) is 7.46. The summed E-state index contributed by atoms with van der Waals surface area (Å²) >= 11 is 5.93. The van der Waals surface area contributed by atoms with E-state index in [0.29, 0.717) is 30.7 Å². The third-order valence-electron chi connectivity index (χ3n) is 3.80. The lowest BCUT2D eigenvalue weighted by molar-refractivity contribution is 0.0343. The summed E-state index contributed by atoms with van der Waals surface area (Å²) in [6, 6.07) is 7.26. The zero-order chi connectivity index (χ0) is 17.8. The van der Waals surface area contributed by atoms with Gasteiger partial charge in [0.25, 0.3) is 0 Å². The number of aliphatic hydroxyl groups is 1. The fourth-order valence-corrected chi connectivity index (χ4v) is 2.78.